The lowest BCUT2D eigenvalue weighted by Gasteiger charge is -2.29. The van der Waals surface area contributed by atoms with Crippen LogP contribution in [-0.2, 0) is 0 Å². The molecule has 0 saturated carbocycles. The Labute approximate surface area is 154 Å². The number of nitrogens with two attached hydrogens (primary N) is 2. The van der Waals surface area contributed by atoms with Crippen LogP contribution in [0.3, 0.4) is 0 Å². The van der Waals surface area contributed by atoms with E-state index < -0.39 is 0 Å². The van der Waals surface area contributed by atoms with Crippen molar-refractivity contribution in [1.29, 1.82) is 0 Å². The summed E-state index contributed by atoms with van der Waals surface area (Å²) < 4.78 is 6.12. The quantitative estimate of drug-likeness (QED) is 0.615. The van der Waals surface area contributed by atoms with Gasteiger partial charge in [0.25, 0.3) is 0 Å². The van der Waals surface area contributed by atoms with Crippen LogP contribution in [0.4, 0.5) is 11.4 Å². The van der Waals surface area contributed by atoms with Gasteiger partial charge in [-0.05, 0) is 70.1 Å². The number of hydrogen-bond donors (Lipinski definition) is 2. The molecule has 2 atom stereocenters. The first-order valence-corrected chi connectivity index (χ1v) is 9.16. The molecule has 4 N–H and O–H groups in total. The summed E-state index contributed by atoms with van der Waals surface area (Å²) in [6.07, 6.45) is 2.56. The molecule has 26 heavy (non-hydrogen) atoms. The number of carbonyl (C=O) groups excluding carboxylic acids is 1. The van der Waals surface area contributed by atoms with E-state index in [-0.39, 0.29) is 11.9 Å². The monoisotopic (exact) mass is 353 g/mol. The van der Waals surface area contributed by atoms with Crippen LogP contribution in [0, 0.1) is 0 Å². The van der Waals surface area contributed by atoms with Gasteiger partial charge in [-0.15, -0.1) is 0 Å². The molecule has 0 spiro atoms. The Morgan fingerprint density at radius 1 is 1.00 bits per heavy atom. The number of hydrogen-bond acceptors (Lipinski definition) is 5. The van der Waals surface area contributed by atoms with E-state index in [9.17, 15) is 4.79 Å². The van der Waals surface area contributed by atoms with Crippen molar-refractivity contribution in [2.75, 3.05) is 24.6 Å². The number of nitrogen functional groups attached to an aromatic ring is 2. The molecule has 1 saturated heterocycles. The van der Waals surface area contributed by atoms with E-state index in [1.165, 1.54) is 12.8 Å². The highest BCUT2D eigenvalue weighted by atomic mass is 16.5. The Hall–Kier alpha value is -2.53. The SMILES string of the molecule is CC(Oc1cccc(C(=O)c2ccc(N)c(N)c2)c1)C(C)N1CCCC1. The average Bonchev–Trinajstić information content (AvgIpc) is 3.17. The third-order valence-electron chi connectivity index (χ3n) is 5.16. The normalized spacial score (nSPS) is 17.0. The van der Waals surface area contributed by atoms with Crippen LogP contribution in [0.15, 0.2) is 42.5 Å². The summed E-state index contributed by atoms with van der Waals surface area (Å²) in [5, 5.41) is 0. The molecule has 5 heteroatoms. The van der Waals surface area contributed by atoms with Gasteiger partial charge in [-0.3, -0.25) is 9.69 Å². The molecule has 2 aromatic rings. The number of rotatable bonds is 6. The summed E-state index contributed by atoms with van der Waals surface area (Å²) >= 11 is 0. The molecule has 0 bridgehead atoms. The molecular weight excluding hydrogens is 326 g/mol. The van der Waals surface area contributed by atoms with Crippen LogP contribution >= 0.6 is 0 Å². The number of anilines is 2. The molecule has 0 amide bonds. The van der Waals surface area contributed by atoms with Crippen molar-refractivity contribution in [1.82, 2.24) is 4.90 Å². The number of benzene rings is 2. The van der Waals surface area contributed by atoms with Crippen molar-refractivity contribution in [3.8, 4) is 5.75 Å². The van der Waals surface area contributed by atoms with Gasteiger partial charge in [0.2, 0.25) is 0 Å². The second-order valence-corrected chi connectivity index (χ2v) is 7.01. The first-order chi connectivity index (χ1) is 12.5. The molecule has 5 nitrogen and oxygen atoms in total. The lowest BCUT2D eigenvalue weighted by Crippen LogP contribution is -2.41. The molecule has 0 aromatic heterocycles. The van der Waals surface area contributed by atoms with E-state index in [2.05, 4.69) is 18.7 Å². The maximum absolute atomic E-state index is 12.7. The number of likely N-dealkylation sites (tertiary alicyclic amines) is 1. The summed E-state index contributed by atoms with van der Waals surface area (Å²) in [4.78, 5) is 15.2. The van der Waals surface area contributed by atoms with E-state index in [1.54, 1.807) is 30.3 Å². The molecule has 0 radical (unpaired) electrons. The molecule has 1 fully saturated rings. The van der Waals surface area contributed by atoms with Crippen LogP contribution in [-0.4, -0.2) is 35.9 Å². The van der Waals surface area contributed by atoms with Crippen molar-refractivity contribution >= 4 is 17.2 Å². The highest BCUT2D eigenvalue weighted by Crippen LogP contribution is 2.23. The van der Waals surface area contributed by atoms with Crippen LogP contribution in [0.1, 0.15) is 42.6 Å². The summed E-state index contributed by atoms with van der Waals surface area (Å²) in [5.74, 6) is 0.611. The topological polar surface area (TPSA) is 81.6 Å². The Morgan fingerprint density at radius 3 is 2.38 bits per heavy atom. The van der Waals surface area contributed by atoms with Gasteiger partial charge in [-0.1, -0.05) is 12.1 Å². The Balaban J connectivity index is 1.73. The molecule has 2 unspecified atom stereocenters. The fraction of sp³-hybridized carbons (Fsp3) is 0.381. The molecule has 3 rings (SSSR count). The Morgan fingerprint density at radius 2 is 1.69 bits per heavy atom. The van der Waals surface area contributed by atoms with Gasteiger partial charge in [-0.2, -0.15) is 0 Å². The van der Waals surface area contributed by atoms with E-state index in [0.717, 1.165) is 13.1 Å². The third-order valence-corrected chi connectivity index (χ3v) is 5.16. The molecule has 138 valence electrons. The Bertz CT molecular complexity index is 785. The fourth-order valence-corrected chi connectivity index (χ4v) is 3.35. The molecule has 1 heterocycles. The summed E-state index contributed by atoms with van der Waals surface area (Å²) in [6.45, 7) is 6.54. The lowest BCUT2D eigenvalue weighted by molar-refractivity contribution is 0.102. The van der Waals surface area contributed by atoms with Gasteiger partial charge in [0.1, 0.15) is 11.9 Å². The maximum atomic E-state index is 12.7. The zero-order valence-electron chi connectivity index (χ0n) is 15.4. The van der Waals surface area contributed by atoms with E-state index in [0.29, 0.717) is 34.3 Å². The third kappa shape index (κ3) is 3.99. The van der Waals surface area contributed by atoms with Crippen LogP contribution in [0.25, 0.3) is 0 Å². The minimum absolute atomic E-state index is 0.0469. The fourth-order valence-electron chi connectivity index (χ4n) is 3.35. The van der Waals surface area contributed by atoms with Crippen molar-refractivity contribution in [2.24, 2.45) is 0 Å². The molecular formula is C21H27N3O2. The largest absolute Gasteiger partial charge is 0.489 e. The smallest absolute Gasteiger partial charge is 0.193 e. The van der Waals surface area contributed by atoms with Crippen molar-refractivity contribution in [2.45, 2.75) is 38.8 Å². The molecule has 2 aromatic carbocycles. The number of nitrogens with zero attached hydrogens (tertiary/aromatic N) is 1. The van der Waals surface area contributed by atoms with Crippen molar-refractivity contribution < 1.29 is 9.53 Å². The van der Waals surface area contributed by atoms with Crippen LogP contribution in [0.2, 0.25) is 0 Å². The molecule has 1 aliphatic rings. The van der Waals surface area contributed by atoms with E-state index >= 15 is 0 Å². The summed E-state index contributed by atoms with van der Waals surface area (Å²) in [5.41, 5.74) is 13.5. The summed E-state index contributed by atoms with van der Waals surface area (Å²) in [7, 11) is 0. The van der Waals surface area contributed by atoms with Gasteiger partial charge in [-0.25, -0.2) is 0 Å². The van der Waals surface area contributed by atoms with Gasteiger partial charge < -0.3 is 16.2 Å². The number of ether oxygens (including phenoxy) is 1. The van der Waals surface area contributed by atoms with E-state index in [1.807, 2.05) is 12.1 Å². The predicted molar refractivity (Wildman–Crippen MR) is 106 cm³/mol. The highest BCUT2D eigenvalue weighted by molar-refractivity contribution is 6.10. The zero-order valence-corrected chi connectivity index (χ0v) is 15.4. The number of carbonyl (C=O) groups is 1. The zero-order chi connectivity index (χ0) is 18.7. The first kappa shape index (κ1) is 18.3. The second-order valence-electron chi connectivity index (χ2n) is 7.01. The van der Waals surface area contributed by atoms with Crippen molar-refractivity contribution in [3.63, 3.8) is 0 Å². The molecule has 0 aliphatic carbocycles. The van der Waals surface area contributed by atoms with Crippen molar-refractivity contribution in [3.05, 3.63) is 53.6 Å². The minimum Gasteiger partial charge on any atom is -0.489 e. The average molecular weight is 353 g/mol. The van der Waals surface area contributed by atoms with Gasteiger partial charge in [0, 0.05) is 17.2 Å². The Kier molecular flexibility index (Phi) is 5.47. The van der Waals surface area contributed by atoms with Gasteiger partial charge >= 0.3 is 0 Å². The standard InChI is InChI=1S/C21H27N3O2/c1-14(24-10-3-4-11-24)15(2)26-18-7-5-6-16(12-18)21(25)17-8-9-19(22)20(23)13-17/h5-9,12-15H,3-4,10-11,22-23H2,1-2H3. The van der Waals surface area contributed by atoms with E-state index in [4.69, 9.17) is 16.2 Å². The van der Waals surface area contributed by atoms with Gasteiger partial charge in [0.15, 0.2) is 5.78 Å². The highest BCUT2D eigenvalue weighted by Gasteiger charge is 2.24. The van der Waals surface area contributed by atoms with Gasteiger partial charge in [0.05, 0.1) is 11.4 Å². The van der Waals surface area contributed by atoms with Crippen LogP contribution in [0.5, 0.6) is 5.75 Å². The minimum atomic E-state index is -0.0950. The second kappa shape index (κ2) is 7.79. The van der Waals surface area contributed by atoms with Crippen LogP contribution < -0.4 is 16.2 Å². The number of ketones is 1. The summed E-state index contributed by atoms with van der Waals surface area (Å²) in [6, 6.07) is 12.6. The predicted octanol–water partition coefficient (Wildman–Crippen LogP) is 3.33. The lowest BCUT2D eigenvalue weighted by atomic mass is 10.0. The maximum Gasteiger partial charge on any atom is 0.193 e. The first-order valence-electron chi connectivity index (χ1n) is 9.16. The molecule has 1 aliphatic heterocycles.